The van der Waals surface area contributed by atoms with Gasteiger partial charge in [0.05, 0.1) is 11.0 Å². The highest BCUT2D eigenvalue weighted by atomic mass is 14.7. The number of nitrogens with zero attached hydrogens (tertiary/aromatic N) is 2. The highest BCUT2D eigenvalue weighted by Gasteiger charge is 2.01. The first-order valence-corrected chi connectivity index (χ1v) is 10.2. The normalized spacial score (nSPS) is 11.1. The average molecular weight is 371 g/mol. The van der Waals surface area contributed by atoms with Gasteiger partial charge in [0.25, 0.3) is 0 Å². The van der Waals surface area contributed by atoms with Gasteiger partial charge in [0.1, 0.15) is 0 Å². The number of hydrogen-bond acceptors (Lipinski definition) is 2. The Bertz CT molecular complexity index is 949. The molecule has 4 aromatic rings. The van der Waals surface area contributed by atoms with Crippen LogP contribution < -0.4 is 0 Å². The topological polar surface area (TPSA) is 25.8 Å². The molecule has 0 fully saturated rings. The Morgan fingerprint density at radius 1 is 0.679 bits per heavy atom. The van der Waals surface area contributed by atoms with Gasteiger partial charge in [-0.25, -0.2) is 0 Å². The van der Waals surface area contributed by atoms with Gasteiger partial charge >= 0.3 is 0 Å². The number of aromatic nitrogens is 2. The summed E-state index contributed by atoms with van der Waals surface area (Å²) >= 11 is 0. The predicted octanol–water partition coefficient (Wildman–Crippen LogP) is 6.87. The Hall–Kier alpha value is -2.74. The van der Waals surface area contributed by atoms with Crippen LogP contribution in [0.5, 0.6) is 0 Å². The molecule has 2 heteroatoms. The predicted molar refractivity (Wildman–Crippen MR) is 121 cm³/mol. The molecular weight excluding hydrogens is 340 g/mol. The summed E-state index contributed by atoms with van der Waals surface area (Å²) in [4.78, 5) is 8.92. The fourth-order valence-electron chi connectivity index (χ4n) is 3.36. The first-order valence-electron chi connectivity index (χ1n) is 10.2. The monoisotopic (exact) mass is 370 g/mol. The minimum absolute atomic E-state index is 0.670. The molecule has 0 saturated heterocycles. The van der Waals surface area contributed by atoms with Gasteiger partial charge in [-0.3, -0.25) is 9.97 Å². The third-order valence-corrected chi connectivity index (χ3v) is 4.58. The molecule has 0 bridgehead atoms. The van der Waals surface area contributed by atoms with Crippen LogP contribution >= 0.6 is 0 Å². The minimum Gasteiger partial charge on any atom is -0.256 e. The molecule has 2 aromatic heterocycles. The third-order valence-electron chi connectivity index (χ3n) is 4.58. The van der Waals surface area contributed by atoms with Crippen molar-refractivity contribution in [3.8, 4) is 0 Å². The summed E-state index contributed by atoms with van der Waals surface area (Å²) in [6, 6.07) is 23.2. The number of benzene rings is 2. The second-order valence-corrected chi connectivity index (χ2v) is 8.22. The van der Waals surface area contributed by atoms with E-state index >= 15 is 0 Å². The maximum atomic E-state index is 4.62. The van der Waals surface area contributed by atoms with Crippen LogP contribution in [0.2, 0.25) is 0 Å². The molecule has 0 unspecified atom stereocenters. The summed E-state index contributed by atoms with van der Waals surface area (Å²) in [6.07, 6.45) is 4.04. The first-order chi connectivity index (χ1) is 13.5. The van der Waals surface area contributed by atoms with Crippen molar-refractivity contribution in [2.45, 2.75) is 40.5 Å². The van der Waals surface area contributed by atoms with E-state index in [1.165, 1.54) is 22.0 Å². The van der Waals surface area contributed by atoms with Crippen LogP contribution in [0, 0.1) is 11.8 Å². The quantitative estimate of drug-likeness (QED) is 0.392. The van der Waals surface area contributed by atoms with Gasteiger partial charge in [-0.1, -0.05) is 64.1 Å². The average Bonchev–Trinajstić information content (AvgIpc) is 2.67. The zero-order valence-electron chi connectivity index (χ0n) is 17.4. The lowest BCUT2D eigenvalue weighted by Gasteiger charge is -2.05. The Morgan fingerprint density at radius 2 is 1.43 bits per heavy atom. The van der Waals surface area contributed by atoms with Gasteiger partial charge in [-0.2, -0.15) is 0 Å². The maximum Gasteiger partial charge on any atom is 0.0705 e. The molecular formula is C26H30N2. The number of hydrogen-bond donors (Lipinski definition) is 0. The Balaban J connectivity index is 0.000000161. The molecule has 0 amide bonds. The summed E-state index contributed by atoms with van der Waals surface area (Å²) < 4.78 is 0. The summed E-state index contributed by atoms with van der Waals surface area (Å²) in [6.45, 7) is 8.93. The van der Waals surface area contributed by atoms with E-state index in [2.05, 4.69) is 86.2 Å². The molecule has 0 N–H and O–H groups in total. The fourth-order valence-corrected chi connectivity index (χ4v) is 3.36. The molecule has 0 spiro atoms. The highest BCUT2D eigenvalue weighted by Crippen LogP contribution is 2.16. The molecule has 0 aliphatic rings. The molecule has 2 nitrogen and oxygen atoms in total. The number of fused-ring (bicyclic) bond motifs is 2. The van der Waals surface area contributed by atoms with Gasteiger partial charge in [-0.15, -0.1) is 0 Å². The SMILES string of the molecule is CC(C)Cc1ccc2ccccc2n1.CC(C)Cc1ccc2ncccc2c1. The summed E-state index contributed by atoms with van der Waals surface area (Å²) in [7, 11) is 0. The molecule has 0 saturated carbocycles. The van der Waals surface area contributed by atoms with Crippen molar-refractivity contribution in [3.05, 3.63) is 84.2 Å². The molecule has 4 rings (SSSR count). The molecule has 28 heavy (non-hydrogen) atoms. The first kappa shape index (κ1) is 20.0. The van der Waals surface area contributed by atoms with E-state index in [0.29, 0.717) is 11.8 Å². The summed E-state index contributed by atoms with van der Waals surface area (Å²) in [5.74, 6) is 1.38. The molecule has 0 aliphatic carbocycles. The highest BCUT2D eigenvalue weighted by molar-refractivity contribution is 5.79. The van der Waals surface area contributed by atoms with Crippen LogP contribution in [0.25, 0.3) is 21.8 Å². The van der Waals surface area contributed by atoms with Crippen LogP contribution in [-0.4, -0.2) is 9.97 Å². The van der Waals surface area contributed by atoms with Crippen molar-refractivity contribution in [2.24, 2.45) is 11.8 Å². The van der Waals surface area contributed by atoms with Crippen molar-refractivity contribution in [1.82, 2.24) is 9.97 Å². The fraction of sp³-hybridized carbons (Fsp3) is 0.308. The molecule has 2 heterocycles. The van der Waals surface area contributed by atoms with Crippen molar-refractivity contribution in [1.29, 1.82) is 0 Å². The van der Waals surface area contributed by atoms with Crippen molar-refractivity contribution >= 4 is 21.8 Å². The molecule has 0 radical (unpaired) electrons. The third kappa shape index (κ3) is 5.63. The lowest BCUT2D eigenvalue weighted by Crippen LogP contribution is -1.96. The van der Waals surface area contributed by atoms with Crippen molar-refractivity contribution in [2.75, 3.05) is 0 Å². The van der Waals surface area contributed by atoms with Crippen LogP contribution in [0.4, 0.5) is 0 Å². The largest absolute Gasteiger partial charge is 0.256 e. The van der Waals surface area contributed by atoms with Gasteiger partial charge in [0.2, 0.25) is 0 Å². The van der Waals surface area contributed by atoms with E-state index in [1.807, 2.05) is 24.4 Å². The van der Waals surface area contributed by atoms with E-state index in [9.17, 15) is 0 Å². The molecule has 144 valence electrons. The van der Waals surface area contributed by atoms with E-state index in [1.54, 1.807) is 0 Å². The lowest BCUT2D eigenvalue weighted by atomic mass is 10.0. The molecule has 0 aliphatic heterocycles. The van der Waals surface area contributed by atoms with Crippen LogP contribution in [0.3, 0.4) is 0 Å². The lowest BCUT2D eigenvalue weighted by molar-refractivity contribution is 0.637. The summed E-state index contributed by atoms with van der Waals surface area (Å²) in [5, 5.41) is 2.46. The van der Waals surface area contributed by atoms with Crippen LogP contribution in [0.1, 0.15) is 39.0 Å². The Morgan fingerprint density at radius 3 is 2.21 bits per heavy atom. The second-order valence-electron chi connectivity index (χ2n) is 8.22. The maximum absolute atomic E-state index is 4.62. The Labute approximate surface area is 168 Å². The van der Waals surface area contributed by atoms with Crippen molar-refractivity contribution < 1.29 is 0 Å². The van der Waals surface area contributed by atoms with E-state index in [0.717, 1.165) is 23.9 Å². The van der Waals surface area contributed by atoms with Gasteiger partial charge < -0.3 is 0 Å². The van der Waals surface area contributed by atoms with Crippen LogP contribution in [0.15, 0.2) is 72.9 Å². The minimum atomic E-state index is 0.670. The van der Waals surface area contributed by atoms with Crippen molar-refractivity contribution in [3.63, 3.8) is 0 Å². The number of rotatable bonds is 4. The standard InChI is InChI=1S/2C13H15N/c1-10(2)8-11-5-6-13-12(9-11)4-3-7-14-13;1-10(2)9-12-8-7-11-5-3-4-6-13(11)14-12/h3-7,9-10H,8H2,1-2H3;3-8,10H,9H2,1-2H3. The number of para-hydroxylation sites is 1. The number of pyridine rings is 2. The van der Waals surface area contributed by atoms with E-state index in [-0.39, 0.29) is 0 Å². The van der Waals surface area contributed by atoms with Gasteiger partial charge in [0, 0.05) is 22.7 Å². The summed E-state index contributed by atoms with van der Waals surface area (Å²) in [5.41, 5.74) is 4.78. The molecule has 2 aromatic carbocycles. The van der Waals surface area contributed by atoms with Gasteiger partial charge in [0.15, 0.2) is 0 Å². The van der Waals surface area contributed by atoms with Crippen LogP contribution in [-0.2, 0) is 12.8 Å². The Kier molecular flexibility index (Phi) is 6.76. The molecule has 0 atom stereocenters. The van der Waals surface area contributed by atoms with E-state index < -0.39 is 0 Å². The van der Waals surface area contributed by atoms with E-state index in [4.69, 9.17) is 0 Å². The zero-order chi connectivity index (χ0) is 19.9. The van der Waals surface area contributed by atoms with Gasteiger partial charge in [-0.05, 0) is 60.6 Å². The second kappa shape index (κ2) is 9.45. The smallest absolute Gasteiger partial charge is 0.0705 e. The zero-order valence-corrected chi connectivity index (χ0v) is 17.4.